The third kappa shape index (κ3) is 4.49. The fourth-order valence-electron chi connectivity index (χ4n) is 1.29. The quantitative estimate of drug-likeness (QED) is 0.613. The molecule has 0 amide bonds. The lowest BCUT2D eigenvalue weighted by molar-refractivity contribution is -0.233. The van der Waals surface area contributed by atoms with Gasteiger partial charge in [-0.2, -0.15) is 21.6 Å². The van der Waals surface area contributed by atoms with Gasteiger partial charge in [-0.1, -0.05) is 12.1 Å². The van der Waals surface area contributed by atoms with Crippen LogP contribution in [-0.4, -0.2) is 30.5 Å². The van der Waals surface area contributed by atoms with Crippen LogP contribution in [0.15, 0.2) is 24.3 Å². The van der Waals surface area contributed by atoms with Crippen LogP contribution in [0.4, 0.5) is 13.2 Å². The van der Waals surface area contributed by atoms with Crippen LogP contribution in [0, 0.1) is 3.57 Å². The van der Waals surface area contributed by atoms with E-state index in [9.17, 15) is 21.6 Å². The van der Waals surface area contributed by atoms with E-state index < -0.39 is 27.6 Å². The number of halogens is 4. The summed E-state index contributed by atoms with van der Waals surface area (Å²) in [6, 6.07) is 5.86. The first-order valence-electron chi connectivity index (χ1n) is 4.90. The molecule has 0 saturated carbocycles. The molecular weight excluding hydrogens is 400 g/mol. The fraction of sp³-hybridized carbons (Fsp3) is 0.400. The second-order valence-electron chi connectivity index (χ2n) is 3.99. The topological polar surface area (TPSA) is 63.6 Å². The van der Waals surface area contributed by atoms with Crippen molar-refractivity contribution in [2.75, 3.05) is 5.75 Å². The Morgan fingerprint density at radius 3 is 2.26 bits per heavy atom. The SMILES string of the molecule is CC(CS(=O)(=O)O)(Oc1ccccc1I)C(F)(F)F. The maximum atomic E-state index is 12.9. The predicted octanol–water partition coefficient (Wildman–Crippen LogP) is 2.88. The third-order valence-corrected chi connectivity index (χ3v) is 4.04. The molecule has 0 fully saturated rings. The highest BCUT2D eigenvalue weighted by Crippen LogP contribution is 2.36. The van der Waals surface area contributed by atoms with Crippen molar-refractivity contribution in [2.45, 2.75) is 18.7 Å². The lowest BCUT2D eigenvalue weighted by atomic mass is 10.1. The molecule has 9 heteroatoms. The zero-order chi connectivity index (χ0) is 14.9. The van der Waals surface area contributed by atoms with Crippen LogP contribution in [0.3, 0.4) is 0 Å². The van der Waals surface area contributed by atoms with E-state index in [1.165, 1.54) is 18.2 Å². The van der Waals surface area contributed by atoms with Crippen molar-refractivity contribution in [3.63, 3.8) is 0 Å². The van der Waals surface area contributed by atoms with Gasteiger partial charge in [-0.15, -0.1) is 0 Å². The Labute approximate surface area is 121 Å². The molecule has 108 valence electrons. The molecule has 0 radical (unpaired) electrons. The summed E-state index contributed by atoms with van der Waals surface area (Å²) in [4.78, 5) is 0. The van der Waals surface area contributed by atoms with Crippen LogP contribution in [0.2, 0.25) is 0 Å². The van der Waals surface area contributed by atoms with Crippen LogP contribution in [0.5, 0.6) is 5.75 Å². The van der Waals surface area contributed by atoms with Crippen molar-refractivity contribution < 1.29 is 30.9 Å². The van der Waals surface area contributed by atoms with Crippen molar-refractivity contribution in [3.05, 3.63) is 27.8 Å². The molecule has 0 saturated heterocycles. The van der Waals surface area contributed by atoms with Crippen LogP contribution in [-0.2, 0) is 10.1 Å². The van der Waals surface area contributed by atoms with E-state index in [0.717, 1.165) is 0 Å². The van der Waals surface area contributed by atoms with E-state index in [1.54, 1.807) is 28.7 Å². The molecule has 1 aromatic carbocycles. The minimum Gasteiger partial charge on any atom is -0.476 e. The Balaban J connectivity index is 3.17. The zero-order valence-corrected chi connectivity index (χ0v) is 12.6. The van der Waals surface area contributed by atoms with Crippen LogP contribution < -0.4 is 4.74 Å². The Morgan fingerprint density at radius 1 is 1.32 bits per heavy atom. The van der Waals surface area contributed by atoms with Crippen molar-refractivity contribution in [1.82, 2.24) is 0 Å². The molecule has 4 nitrogen and oxygen atoms in total. The minimum absolute atomic E-state index is 0.105. The summed E-state index contributed by atoms with van der Waals surface area (Å²) in [7, 11) is -4.85. The predicted molar refractivity (Wildman–Crippen MR) is 70.7 cm³/mol. The largest absolute Gasteiger partial charge is 0.476 e. The molecule has 1 atom stereocenters. The Hall–Kier alpha value is -0.550. The Morgan fingerprint density at radius 2 is 1.84 bits per heavy atom. The Kier molecular flexibility index (Phi) is 4.73. The van der Waals surface area contributed by atoms with Gasteiger partial charge < -0.3 is 4.74 Å². The summed E-state index contributed by atoms with van der Waals surface area (Å²) < 4.78 is 74.2. The van der Waals surface area contributed by atoms with Gasteiger partial charge in [-0.3, -0.25) is 4.55 Å². The molecule has 1 unspecified atom stereocenters. The summed E-state index contributed by atoms with van der Waals surface area (Å²) in [6.07, 6.45) is -4.96. The van der Waals surface area contributed by atoms with E-state index in [1.807, 2.05) is 0 Å². The van der Waals surface area contributed by atoms with Gasteiger partial charge in [0.15, 0.2) is 0 Å². The van der Waals surface area contributed by atoms with Crippen LogP contribution >= 0.6 is 22.6 Å². The molecule has 0 aliphatic heterocycles. The summed E-state index contributed by atoms with van der Waals surface area (Å²) in [5.41, 5.74) is -3.03. The molecule has 0 aliphatic rings. The fourth-order valence-corrected chi connectivity index (χ4v) is 2.70. The minimum atomic E-state index is -4.96. The molecule has 1 aromatic rings. The first kappa shape index (κ1) is 16.5. The second kappa shape index (κ2) is 5.44. The van der Waals surface area contributed by atoms with Crippen molar-refractivity contribution in [2.24, 2.45) is 0 Å². The summed E-state index contributed by atoms with van der Waals surface area (Å²) in [5, 5.41) is 0. The smallest absolute Gasteiger partial charge is 0.429 e. The monoisotopic (exact) mass is 410 g/mol. The number of alkyl halides is 3. The molecule has 0 spiro atoms. The molecule has 1 N–H and O–H groups in total. The van der Waals surface area contributed by atoms with Gasteiger partial charge in [0.05, 0.1) is 3.57 Å². The average Bonchev–Trinajstić information content (AvgIpc) is 2.17. The van der Waals surface area contributed by atoms with Gasteiger partial charge in [-0.25, -0.2) is 0 Å². The maximum absolute atomic E-state index is 12.9. The molecule has 19 heavy (non-hydrogen) atoms. The van der Waals surface area contributed by atoms with Crippen LogP contribution in [0.1, 0.15) is 6.92 Å². The average molecular weight is 410 g/mol. The summed E-state index contributed by atoms with van der Waals surface area (Å²) in [6.45, 7) is 0.573. The molecule has 0 aromatic heterocycles. The Bertz CT molecular complexity index is 558. The number of benzene rings is 1. The number of ether oxygens (including phenoxy) is 1. The molecule has 1 rings (SSSR count). The van der Waals surface area contributed by atoms with Gasteiger partial charge in [0, 0.05) is 0 Å². The van der Waals surface area contributed by atoms with Gasteiger partial charge in [-0.05, 0) is 41.6 Å². The second-order valence-corrected chi connectivity index (χ2v) is 6.60. The lowest BCUT2D eigenvalue weighted by Gasteiger charge is -2.31. The standard InChI is InChI=1S/C10H10F3IO4S/c1-9(10(11,12)13,6-19(15,16)17)18-8-5-3-2-4-7(8)14/h2-5H,6H2,1H3,(H,15,16,17). The maximum Gasteiger partial charge on any atom is 0.429 e. The first-order chi connectivity index (χ1) is 8.45. The van der Waals surface area contributed by atoms with E-state index in [0.29, 0.717) is 10.5 Å². The van der Waals surface area contributed by atoms with Gasteiger partial charge in [0.2, 0.25) is 5.60 Å². The van der Waals surface area contributed by atoms with Gasteiger partial charge in [0.25, 0.3) is 10.1 Å². The number of hydrogen-bond donors (Lipinski definition) is 1. The van der Waals surface area contributed by atoms with Crippen LogP contribution in [0.25, 0.3) is 0 Å². The lowest BCUT2D eigenvalue weighted by Crippen LogP contribution is -2.52. The van der Waals surface area contributed by atoms with Gasteiger partial charge >= 0.3 is 6.18 Å². The molecule has 0 heterocycles. The molecule has 0 aliphatic carbocycles. The molecule has 0 bridgehead atoms. The summed E-state index contributed by atoms with van der Waals surface area (Å²) >= 11 is 1.76. The van der Waals surface area contributed by atoms with E-state index in [2.05, 4.69) is 0 Å². The highest BCUT2D eigenvalue weighted by Gasteiger charge is 2.56. The van der Waals surface area contributed by atoms with Crippen molar-refractivity contribution in [1.29, 1.82) is 0 Å². The van der Waals surface area contributed by atoms with E-state index >= 15 is 0 Å². The zero-order valence-electron chi connectivity index (χ0n) is 9.61. The first-order valence-corrected chi connectivity index (χ1v) is 7.59. The van der Waals surface area contributed by atoms with Crippen molar-refractivity contribution in [3.8, 4) is 5.75 Å². The number of rotatable bonds is 4. The van der Waals surface area contributed by atoms with Crippen molar-refractivity contribution >= 4 is 32.7 Å². The number of hydrogen-bond acceptors (Lipinski definition) is 3. The summed E-state index contributed by atoms with van der Waals surface area (Å²) in [5.74, 6) is -1.68. The highest BCUT2D eigenvalue weighted by molar-refractivity contribution is 14.1. The highest BCUT2D eigenvalue weighted by atomic mass is 127. The van der Waals surface area contributed by atoms with E-state index in [-0.39, 0.29) is 5.75 Å². The van der Waals surface area contributed by atoms with E-state index in [4.69, 9.17) is 9.29 Å². The molecular formula is C10H10F3IO4S. The normalized spacial score (nSPS) is 15.9. The van der Waals surface area contributed by atoms with Gasteiger partial charge in [0.1, 0.15) is 11.5 Å². The third-order valence-electron chi connectivity index (χ3n) is 2.23. The number of para-hydroxylation sites is 1.